The van der Waals surface area contributed by atoms with Gasteiger partial charge < -0.3 is 9.80 Å². The van der Waals surface area contributed by atoms with Gasteiger partial charge in [-0.3, -0.25) is 4.79 Å². The zero-order chi connectivity index (χ0) is 24.3. The lowest BCUT2D eigenvalue weighted by Gasteiger charge is -2.34. The molecule has 0 saturated carbocycles. The molecule has 1 amide bonds. The number of nitrogens with zero attached hydrogens (tertiary/aromatic N) is 4. The molecule has 1 fully saturated rings. The van der Waals surface area contributed by atoms with Gasteiger partial charge in [0.1, 0.15) is 0 Å². The number of aryl methyl sites for hydroxylation is 1. The number of piperazine rings is 1. The van der Waals surface area contributed by atoms with Gasteiger partial charge in [-0.15, -0.1) is 13.2 Å². The van der Waals surface area contributed by atoms with Crippen LogP contribution in [-0.2, 0) is 10.0 Å². The lowest BCUT2D eigenvalue weighted by molar-refractivity contribution is 0.0746. The largest absolute Gasteiger partial charge is 0.345 e. The number of benzene rings is 2. The van der Waals surface area contributed by atoms with Gasteiger partial charge >= 0.3 is 0 Å². The van der Waals surface area contributed by atoms with Crippen molar-refractivity contribution in [1.29, 1.82) is 0 Å². The minimum Gasteiger partial charge on any atom is -0.345 e. The fraction of sp³-hybridized carbons (Fsp3) is 0.280. The minimum absolute atomic E-state index is 0.0993. The van der Waals surface area contributed by atoms with Crippen LogP contribution < -0.4 is 4.90 Å². The molecule has 1 aliphatic rings. The van der Waals surface area contributed by atoms with Gasteiger partial charge in [-0.2, -0.15) is 4.31 Å². The molecule has 3 aromatic rings. The van der Waals surface area contributed by atoms with E-state index in [0.29, 0.717) is 31.7 Å². The van der Waals surface area contributed by atoms with Gasteiger partial charge in [0.25, 0.3) is 5.91 Å². The first-order valence-electron chi connectivity index (χ1n) is 11.1. The van der Waals surface area contributed by atoms with Crippen LogP contribution in [0.3, 0.4) is 0 Å². The summed E-state index contributed by atoms with van der Waals surface area (Å²) in [5.74, 6) is -0.0993. The molecule has 0 radical (unpaired) electrons. The number of aromatic nitrogens is 1. The van der Waals surface area contributed by atoms with Crippen molar-refractivity contribution in [2.75, 3.05) is 44.2 Å². The highest BCUT2D eigenvalue weighted by Gasteiger charge is 2.26. The van der Waals surface area contributed by atoms with Crippen molar-refractivity contribution in [1.82, 2.24) is 14.2 Å². The molecule has 0 aliphatic carbocycles. The molecule has 0 spiro atoms. The molecule has 7 nitrogen and oxygen atoms in total. The van der Waals surface area contributed by atoms with E-state index < -0.39 is 10.0 Å². The summed E-state index contributed by atoms with van der Waals surface area (Å²) >= 11 is 1.68. The van der Waals surface area contributed by atoms with Gasteiger partial charge in [-0.1, -0.05) is 35.6 Å². The number of hydrogen-bond acceptors (Lipinski definition) is 6. The summed E-state index contributed by atoms with van der Waals surface area (Å²) in [6, 6.07) is 12.3. The molecule has 178 valence electrons. The number of amides is 1. The first-order chi connectivity index (χ1) is 16.3. The highest BCUT2D eigenvalue weighted by Crippen LogP contribution is 2.31. The maximum absolute atomic E-state index is 13.0. The topological polar surface area (TPSA) is 73.8 Å². The van der Waals surface area contributed by atoms with Crippen LogP contribution in [0.1, 0.15) is 15.9 Å². The second-order valence-corrected chi connectivity index (χ2v) is 11.1. The zero-order valence-corrected chi connectivity index (χ0v) is 20.8. The lowest BCUT2D eigenvalue weighted by Crippen LogP contribution is -2.48. The summed E-state index contributed by atoms with van der Waals surface area (Å²) in [7, 11) is -3.69. The van der Waals surface area contributed by atoms with Crippen LogP contribution in [-0.4, -0.2) is 67.8 Å². The van der Waals surface area contributed by atoms with Gasteiger partial charge in [0.2, 0.25) is 10.0 Å². The fourth-order valence-corrected chi connectivity index (χ4v) is 6.45. The number of hydrogen-bond donors (Lipinski definition) is 0. The molecule has 1 saturated heterocycles. The standard InChI is InChI=1S/C25H28N4O3S2/c1-4-13-29(14-5-2)34(31,32)21-11-9-20(10-12-21)24(30)27-15-17-28(18-16-27)25-26-23-19(3)7-6-8-22(23)33-25/h4-12H,1-2,13-18H2,3H3. The molecule has 1 aromatic heterocycles. The highest BCUT2D eigenvalue weighted by molar-refractivity contribution is 7.89. The average molecular weight is 497 g/mol. The van der Waals surface area contributed by atoms with Crippen LogP contribution in [0.4, 0.5) is 5.13 Å². The van der Waals surface area contributed by atoms with Gasteiger partial charge in [-0.25, -0.2) is 13.4 Å². The quantitative estimate of drug-likeness (QED) is 0.442. The number of rotatable bonds is 8. The van der Waals surface area contributed by atoms with E-state index in [9.17, 15) is 13.2 Å². The molecule has 4 rings (SSSR count). The van der Waals surface area contributed by atoms with E-state index in [1.54, 1.807) is 28.4 Å². The average Bonchev–Trinajstić information content (AvgIpc) is 3.29. The van der Waals surface area contributed by atoms with Gasteiger partial charge in [0.05, 0.1) is 15.1 Å². The van der Waals surface area contributed by atoms with E-state index in [2.05, 4.69) is 37.1 Å². The number of carbonyl (C=O) groups is 1. The highest BCUT2D eigenvalue weighted by atomic mass is 32.2. The minimum atomic E-state index is -3.69. The van der Waals surface area contributed by atoms with Crippen LogP contribution >= 0.6 is 11.3 Å². The molecule has 1 aliphatic heterocycles. The third kappa shape index (κ3) is 4.77. The van der Waals surface area contributed by atoms with Crippen molar-refractivity contribution >= 4 is 42.6 Å². The van der Waals surface area contributed by atoms with Crippen molar-refractivity contribution in [3.05, 3.63) is 78.9 Å². The van der Waals surface area contributed by atoms with Gasteiger partial charge in [-0.05, 0) is 42.8 Å². The molecular formula is C25H28N4O3S2. The summed E-state index contributed by atoms with van der Waals surface area (Å²) < 4.78 is 28.2. The first kappa shape index (κ1) is 24.1. The van der Waals surface area contributed by atoms with E-state index in [4.69, 9.17) is 4.98 Å². The molecule has 0 atom stereocenters. The number of thiazole rings is 1. The van der Waals surface area contributed by atoms with Crippen LogP contribution in [0.25, 0.3) is 10.2 Å². The maximum atomic E-state index is 13.0. The van der Waals surface area contributed by atoms with Crippen LogP contribution in [0.5, 0.6) is 0 Å². The number of sulfonamides is 1. The van der Waals surface area contributed by atoms with Crippen molar-refractivity contribution in [2.45, 2.75) is 11.8 Å². The molecule has 9 heteroatoms. The molecule has 34 heavy (non-hydrogen) atoms. The van der Waals surface area contributed by atoms with E-state index in [0.717, 1.165) is 16.2 Å². The summed E-state index contributed by atoms with van der Waals surface area (Å²) in [5.41, 5.74) is 2.68. The van der Waals surface area contributed by atoms with E-state index in [1.165, 1.54) is 33.3 Å². The molecule has 2 aromatic carbocycles. The van der Waals surface area contributed by atoms with Crippen molar-refractivity contribution in [3.63, 3.8) is 0 Å². The SMILES string of the molecule is C=CCN(CC=C)S(=O)(=O)c1ccc(C(=O)N2CCN(c3nc4c(C)cccc4s3)CC2)cc1. The monoisotopic (exact) mass is 496 g/mol. The number of carbonyl (C=O) groups excluding carboxylic acids is 1. The number of anilines is 1. The Kier molecular flexibility index (Phi) is 7.16. The van der Waals surface area contributed by atoms with Crippen molar-refractivity contribution < 1.29 is 13.2 Å². The Labute approximate surface area is 204 Å². The summed E-state index contributed by atoms with van der Waals surface area (Å²) in [5, 5.41) is 0.981. The Balaban J connectivity index is 1.42. The van der Waals surface area contributed by atoms with Gasteiger partial charge in [0, 0.05) is 44.8 Å². The van der Waals surface area contributed by atoms with Crippen LogP contribution in [0.2, 0.25) is 0 Å². The fourth-order valence-electron chi connectivity index (χ4n) is 3.97. The van der Waals surface area contributed by atoms with E-state index >= 15 is 0 Å². The molecule has 0 bridgehead atoms. The van der Waals surface area contributed by atoms with E-state index in [-0.39, 0.29) is 23.9 Å². The normalized spacial score (nSPS) is 14.5. The third-order valence-electron chi connectivity index (χ3n) is 5.85. The Morgan fingerprint density at radius 3 is 2.29 bits per heavy atom. The third-order valence-corrected chi connectivity index (χ3v) is 8.78. The predicted octanol–water partition coefficient (Wildman–Crippen LogP) is 3.93. The second-order valence-electron chi connectivity index (χ2n) is 8.12. The number of para-hydroxylation sites is 1. The van der Waals surface area contributed by atoms with E-state index in [1.807, 2.05) is 6.07 Å². The summed E-state index contributed by atoms with van der Waals surface area (Å²) in [6.45, 7) is 12.3. The van der Waals surface area contributed by atoms with Crippen LogP contribution in [0, 0.1) is 6.92 Å². The Hall–Kier alpha value is -3.01. The van der Waals surface area contributed by atoms with Crippen LogP contribution in [0.15, 0.2) is 72.7 Å². The number of fused-ring (bicyclic) bond motifs is 1. The first-order valence-corrected chi connectivity index (χ1v) is 13.3. The molecule has 2 heterocycles. The van der Waals surface area contributed by atoms with Crippen molar-refractivity contribution in [2.24, 2.45) is 0 Å². The van der Waals surface area contributed by atoms with Gasteiger partial charge in [0.15, 0.2) is 5.13 Å². The molecule has 0 N–H and O–H groups in total. The summed E-state index contributed by atoms with van der Waals surface area (Å²) in [4.78, 5) is 22.0. The Bertz CT molecular complexity index is 1300. The molecule has 0 unspecified atom stereocenters. The lowest BCUT2D eigenvalue weighted by atomic mass is 10.2. The smallest absolute Gasteiger partial charge is 0.253 e. The maximum Gasteiger partial charge on any atom is 0.253 e. The Morgan fingerprint density at radius 1 is 1.06 bits per heavy atom. The predicted molar refractivity (Wildman–Crippen MR) is 138 cm³/mol. The second kappa shape index (κ2) is 10.1. The Morgan fingerprint density at radius 2 is 1.71 bits per heavy atom. The molecular weight excluding hydrogens is 468 g/mol. The zero-order valence-electron chi connectivity index (χ0n) is 19.2. The summed E-state index contributed by atoms with van der Waals surface area (Å²) in [6.07, 6.45) is 3.07. The van der Waals surface area contributed by atoms with Crippen molar-refractivity contribution in [3.8, 4) is 0 Å².